The average molecular weight is 310 g/mol. The van der Waals surface area contributed by atoms with E-state index in [9.17, 15) is 8.42 Å². The molecule has 100 valence electrons. The van der Waals surface area contributed by atoms with E-state index in [1.54, 1.807) is 0 Å². The second-order valence-electron chi connectivity index (χ2n) is 4.32. The van der Waals surface area contributed by atoms with Crippen molar-refractivity contribution in [3.8, 4) is 0 Å². The second kappa shape index (κ2) is 5.30. The van der Waals surface area contributed by atoms with Gasteiger partial charge in [-0.05, 0) is 32.1 Å². The van der Waals surface area contributed by atoms with Gasteiger partial charge in [0.15, 0.2) is 0 Å². The number of sulfonamides is 1. The Hall–Kier alpha value is -0.400. The van der Waals surface area contributed by atoms with Gasteiger partial charge in [-0.2, -0.15) is 0 Å². The molecule has 2 heterocycles. The first kappa shape index (κ1) is 14.0. The lowest BCUT2D eigenvalue weighted by atomic mass is 10.3. The van der Waals surface area contributed by atoms with Crippen LogP contribution in [0.2, 0.25) is 10.3 Å². The van der Waals surface area contributed by atoms with E-state index in [1.165, 1.54) is 12.1 Å². The summed E-state index contributed by atoms with van der Waals surface area (Å²) < 4.78 is 26.9. The van der Waals surface area contributed by atoms with Crippen molar-refractivity contribution in [2.45, 2.75) is 17.4 Å². The van der Waals surface area contributed by atoms with Crippen LogP contribution in [-0.4, -0.2) is 44.5 Å². The molecule has 1 aliphatic rings. The smallest absolute Gasteiger partial charge is 0.241 e. The summed E-state index contributed by atoms with van der Waals surface area (Å²) >= 11 is 11.4. The van der Waals surface area contributed by atoms with Crippen LogP contribution in [0.1, 0.15) is 6.42 Å². The highest BCUT2D eigenvalue weighted by molar-refractivity contribution is 7.89. The third kappa shape index (κ3) is 3.33. The molecule has 0 unspecified atom stereocenters. The van der Waals surface area contributed by atoms with Crippen LogP contribution in [0.25, 0.3) is 0 Å². The molecular formula is C10H13Cl2N3O2S. The predicted molar refractivity (Wildman–Crippen MR) is 70.5 cm³/mol. The van der Waals surface area contributed by atoms with Gasteiger partial charge in [-0.25, -0.2) is 18.1 Å². The lowest BCUT2D eigenvalue weighted by molar-refractivity contribution is 0.407. The Morgan fingerprint density at radius 2 is 2.00 bits per heavy atom. The molecule has 0 bridgehead atoms. The van der Waals surface area contributed by atoms with Gasteiger partial charge >= 0.3 is 0 Å². The molecular weight excluding hydrogens is 297 g/mol. The van der Waals surface area contributed by atoms with Crippen molar-refractivity contribution >= 4 is 33.2 Å². The Morgan fingerprint density at radius 1 is 1.39 bits per heavy atom. The van der Waals surface area contributed by atoms with Crippen molar-refractivity contribution in [2.24, 2.45) is 0 Å². The second-order valence-corrected chi connectivity index (χ2v) is 6.81. The Bertz CT molecular complexity index is 530. The summed E-state index contributed by atoms with van der Waals surface area (Å²) in [5.74, 6) is 0. The molecule has 1 saturated heterocycles. The molecule has 1 atom stereocenters. The van der Waals surface area contributed by atoms with Crippen molar-refractivity contribution in [1.29, 1.82) is 0 Å². The maximum atomic E-state index is 12.1. The van der Waals surface area contributed by atoms with E-state index in [0.29, 0.717) is 6.54 Å². The molecule has 1 aromatic heterocycles. The van der Waals surface area contributed by atoms with Crippen molar-refractivity contribution in [3.63, 3.8) is 0 Å². The van der Waals surface area contributed by atoms with E-state index in [0.717, 1.165) is 13.0 Å². The molecule has 0 aromatic carbocycles. The zero-order valence-corrected chi connectivity index (χ0v) is 12.1. The zero-order chi connectivity index (χ0) is 13.3. The molecule has 5 nitrogen and oxygen atoms in total. The third-order valence-corrected chi connectivity index (χ3v) is 4.65. The van der Waals surface area contributed by atoms with Crippen LogP contribution in [0, 0.1) is 0 Å². The number of hydrogen-bond acceptors (Lipinski definition) is 4. The number of likely N-dealkylation sites (tertiary alicyclic amines) is 1. The summed E-state index contributed by atoms with van der Waals surface area (Å²) in [7, 11) is -1.64. The molecule has 1 fully saturated rings. The number of hydrogen-bond donors (Lipinski definition) is 1. The highest BCUT2D eigenvalue weighted by Crippen LogP contribution is 2.19. The normalized spacial score (nSPS) is 21.4. The van der Waals surface area contributed by atoms with Crippen LogP contribution in [0.15, 0.2) is 17.0 Å². The Labute approximate surface area is 116 Å². The maximum absolute atomic E-state index is 12.1. The highest BCUT2D eigenvalue weighted by Gasteiger charge is 2.25. The predicted octanol–water partition coefficient (Wildman–Crippen LogP) is 1.37. The van der Waals surface area contributed by atoms with Crippen LogP contribution in [-0.2, 0) is 10.0 Å². The van der Waals surface area contributed by atoms with Crippen molar-refractivity contribution in [2.75, 3.05) is 20.1 Å². The van der Waals surface area contributed by atoms with Crippen molar-refractivity contribution < 1.29 is 8.42 Å². The number of nitrogens with zero attached hydrogens (tertiary/aromatic N) is 2. The summed E-state index contributed by atoms with van der Waals surface area (Å²) in [5, 5.41) is 0.123. The Kier molecular flexibility index (Phi) is 4.13. The lowest BCUT2D eigenvalue weighted by Crippen LogP contribution is -2.36. The zero-order valence-electron chi connectivity index (χ0n) is 9.73. The highest BCUT2D eigenvalue weighted by atomic mass is 35.5. The number of rotatable bonds is 3. The standard InChI is InChI=1S/C10H13Cl2N3O2S/c1-15-3-2-7(6-15)14-18(16,17)8-4-9(11)13-10(12)5-8/h4-5,7,14H,2-3,6H2,1H3/t7-/m0/s1. The van der Waals surface area contributed by atoms with Gasteiger partial charge in [0.25, 0.3) is 0 Å². The number of likely N-dealkylation sites (N-methyl/N-ethyl adjacent to an activating group) is 1. The van der Waals surface area contributed by atoms with Gasteiger partial charge in [-0.15, -0.1) is 0 Å². The van der Waals surface area contributed by atoms with Gasteiger partial charge in [-0.3, -0.25) is 0 Å². The van der Waals surface area contributed by atoms with Crippen LogP contribution in [0.4, 0.5) is 0 Å². The van der Waals surface area contributed by atoms with Crippen molar-refractivity contribution in [1.82, 2.24) is 14.6 Å². The van der Waals surface area contributed by atoms with Crippen molar-refractivity contribution in [3.05, 3.63) is 22.4 Å². The Morgan fingerprint density at radius 3 is 2.50 bits per heavy atom. The van der Waals surface area contributed by atoms with Gasteiger partial charge in [-0.1, -0.05) is 23.2 Å². The SMILES string of the molecule is CN1CC[C@H](NS(=O)(=O)c2cc(Cl)nc(Cl)c2)C1. The first-order valence-corrected chi connectivity index (χ1v) is 7.65. The molecule has 1 aromatic rings. The number of aromatic nitrogens is 1. The van der Waals surface area contributed by atoms with E-state index in [2.05, 4.69) is 14.6 Å². The first-order chi connectivity index (χ1) is 8.37. The number of pyridine rings is 1. The fourth-order valence-corrected chi connectivity index (χ4v) is 3.81. The van der Waals surface area contributed by atoms with E-state index >= 15 is 0 Å². The summed E-state index contributed by atoms with van der Waals surface area (Å²) in [4.78, 5) is 5.83. The fourth-order valence-electron chi connectivity index (χ4n) is 1.92. The molecule has 1 aliphatic heterocycles. The van der Waals surface area contributed by atoms with E-state index < -0.39 is 10.0 Å². The molecule has 18 heavy (non-hydrogen) atoms. The van der Waals surface area contributed by atoms with Gasteiger partial charge in [0.1, 0.15) is 10.3 Å². The third-order valence-electron chi connectivity index (χ3n) is 2.76. The topological polar surface area (TPSA) is 62.3 Å². The molecule has 0 aliphatic carbocycles. The number of halogens is 2. The minimum atomic E-state index is -3.60. The molecule has 8 heteroatoms. The van der Waals surface area contributed by atoms with Crippen LogP contribution >= 0.6 is 23.2 Å². The monoisotopic (exact) mass is 309 g/mol. The minimum Gasteiger partial charge on any atom is -0.305 e. The largest absolute Gasteiger partial charge is 0.305 e. The summed E-state index contributed by atoms with van der Waals surface area (Å²) in [6.07, 6.45) is 0.794. The van der Waals surface area contributed by atoms with Gasteiger partial charge in [0.2, 0.25) is 10.0 Å². The molecule has 1 N–H and O–H groups in total. The Balaban J connectivity index is 2.20. The molecule has 0 spiro atoms. The van der Waals surface area contributed by atoms with Crippen LogP contribution in [0.5, 0.6) is 0 Å². The van der Waals surface area contributed by atoms with E-state index in [1.807, 2.05) is 7.05 Å². The molecule has 0 saturated carbocycles. The maximum Gasteiger partial charge on any atom is 0.241 e. The van der Waals surface area contributed by atoms with Gasteiger partial charge in [0.05, 0.1) is 4.90 Å². The average Bonchev–Trinajstić information content (AvgIpc) is 2.61. The van der Waals surface area contributed by atoms with E-state index in [4.69, 9.17) is 23.2 Å². The molecule has 0 radical (unpaired) electrons. The number of nitrogens with one attached hydrogen (secondary N) is 1. The summed E-state index contributed by atoms with van der Waals surface area (Å²) in [6.45, 7) is 1.58. The van der Waals surface area contributed by atoms with Crippen LogP contribution in [0.3, 0.4) is 0 Å². The molecule has 0 amide bonds. The first-order valence-electron chi connectivity index (χ1n) is 5.41. The quantitative estimate of drug-likeness (QED) is 0.857. The lowest BCUT2D eigenvalue weighted by Gasteiger charge is -2.13. The van der Waals surface area contributed by atoms with Gasteiger partial charge < -0.3 is 4.90 Å². The van der Waals surface area contributed by atoms with Crippen LogP contribution < -0.4 is 4.72 Å². The fraction of sp³-hybridized carbons (Fsp3) is 0.500. The minimum absolute atomic E-state index is 0.0436. The van der Waals surface area contributed by atoms with Gasteiger partial charge in [0, 0.05) is 12.6 Å². The summed E-state index contributed by atoms with van der Waals surface area (Å²) in [6, 6.07) is 2.49. The van der Waals surface area contributed by atoms with E-state index in [-0.39, 0.29) is 21.2 Å². The molecule has 2 rings (SSSR count). The summed E-state index contributed by atoms with van der Waals surface area (Å²) in [5.41, 5.74) is 0.